The molecule has 7 heteroatoms. The molecule has 1 fully saturated rings. The molecule has 0 bridgehead atoms. The van der Waals surface area contributed by atoms with Crippen LogP contribution in [0.2, 0.25) is 0 Å². The number of nitrogens with zero attached hydrogens (tertiary/aromatic N) is 2. The highest BCUT2D eigenvalue weighted by Gasteiger charge is 2.28. The average molecular weight is 363 g/mol. The lowest BCUT2D eigenvalue weighted by atomic mass is 10.0. The Kier molecular flexibility index (Phi) is 5.56. The lowest BCUT2D eigenvalue weighted by molar-refractivity contribution is 0.164. The van der Waals surface area contributed by atoms with Gasteiger partial charge in [0.1, 0.15) is 10.6 Å². The van der Waals surface area contributed by atoms with E-state index < -0.39 is 10.0 Å². The van der Waals surface area contributed by atoms with Gasteiger partial charge in [0.2, 0.25) is 10.0 Å². The van der Waals surface area contributed by atoms with Crippen LogP contribution in [0, 0.1) is 13.8 Å². The first kappa shape index (κ1) is 18.1. The van der Waals surface area contributed by atoms with E-state index in [4.69, 9.17) is 4.52 Å². The molecular weight excluding hydrogens is 338 g/mol. The van der Waals surface area contributed by atoms with Crippen LogP contribution in [0.3, 0.4) is 0 Å². The van der Waals surface area contributed by atoms with Crippen LogP contribution in [-0.2, 0) is 10.0 Å². The largest absolute Gasteiger partial charge is 0.360 e. The quantitative estimate of drug-likeness (QED) is 0.854. The molecule has 1 aromatic heterocycles. The SMILES string of the molecule is Cc1noc(C)c1S(=O)(=O)NCC(c1ccccc1)N1CCCCC1. The van der Waals surface area contributed by atoms with E-state index >= 15 is 0 Å². The first-order valence-corrected chi connectivity index (χ1v) is 10.2. The molecule has 6 nitrogen and oxygen atoms in total. The average Bonchev–Trinajstić information content (AvgIpc) is 2.96. The molecule has 1 unspecified atom stereocenters. The zero-order valence-electron chi connectivity index (χ0n) is 14.7. The maximum Gasteiger partial charge on any atom is 0.246 e. The second-order valence-electron chi connectivity index (χ2n) is 6.53. The number of nitrogens with one attached hydrogen (secondary N) is 1. The van der Waals surface area contributed by atoms with Gasteiger partial charge in [-0.3, -0.25) is 4.90 Å². The standard InChI is InChI=1S/C18H25N3O3S/c1-14-18(15(2)24-20-14)25(22,23)19-13-17(16-9-5-3-6-10-16)21-11-7-4-8-12-21/h3,5-6,9-10,17,19H,4,7-8,11-13H2,1-2H3. The van der Waals surface area contributed by atoms with E-state index in [1.807, 2.05) is 18.2 Å². The Bertz CT molecular complexity index is 777. The molecule has 1 aromatic carbocycles. The Morgan fingerprint density at radius 2 is 1.84 bits per heavy atom. The molecule has 2 aromatic rings. The molecule has 3 rings (SSSR count). The van der Waals surface area contributed by atoms with Gasteiger partial charge >= 0.3 is 0 Å². The smallest absolute Gasteiger partial charge is 0.246 e. The first-order chi connectivity index (χ1) is 12.0. The molecule has 25 heavy (non-hydrogen) atoms. The van der Waals surface area contributed by atoms with E-state index in [0.717, 1.165) is 31.5 Å². The Morgan fingerprint density at radius 1 is 1.16 bits per heavy atom. The molecule has 0 aliphatic carbocycles. The Labute approximate surface area is 149 Å². The minimum absolute atomic E-state index is 0.0248. The fourth-order valence-electron chi connectivity index (χ4n) is 3.48. The summed E-state index contributed by atoms with van der Waals surface area (Å²) in [6, 6.07) is 10.1. The van der Waals surface area contributed by atoms with Gasteiger partial charge in [-0.25, -0.2) is 13.1 Å². The fraction of sp³-hybridized carbons (Fsp3) is 0.500. The summed E-state index contributed by atoms with van der Waals surface area (Å²) in [6.45, 7) is 5.58. The summed E-state index contributed by atoms with van der Waals surface area (Å²) >= 11 is 0. The number of likely N-dealkylation sites (tertiary alicyclic amines) is 1. The predicted molar refractivity (Wildman–Crippen MR) is 95.8 cm³/mol. The minimum atomic E-state index is -3.65. The van der Waals surface area contributed by atoms with Crippen LogP contribution in [0.5, 0.6) is 0 Å². The number of rotatable bonds is 6. The van der Waals surface area contributed by atoms with E-state index in [-0.39, 0.29) is 10.9 Å². The summed E-state index contributed by atoms with van der Waals surface area (Å²) < 4.78 is 33.2. The van der Waals surface area contributed by atoms with E-state index in [0.29, 0.717) is 18.0 Å². The molecule has 1 saturated heterocycles. The lowest BCUT2D eigenvalue weighted by Crippen LogP contribution is -2.40. The molecule has 1 aliphatic rings. The second-order valence-corrected chi connectivity index (χ2v) is 8.23. The van der Waals surface area contributed by atoms with Crippen LogP contribution in [0.1, 0.15) is 42.3 Å². The monoisotopic (exact) mass is 363 g/mol. The van der Waals surface area contributed by atoms with E-state index in [1.54, 1.807) is 13.8 Å². The van der Waals surface area contributed by atoms with Crippen LogP contribution in [0.15, 0.2) is 39.8 Å². The molecule has 0 radical (unpaired) electrons. The third kappa shape index (κ3) is 4.11. The number of aryl methyl sites for hydroxylation is 2. The number of benzene rings is 1. The zero-order valence-corrected chi connectivity index (χ0v) is 15.6. The van der Waals surface area contributed by atoms with Gasteiger partial charge in [0.15, 0.2) is 5.76 Å². The highest BCUT2D eigenvalue weighted by molar-refractivity contribution is 7.89. The summed E-state index contributed by atoms with van der Waals surface area (Å²) in [4.78, 5) is 2.52. The van der Waals surface area contributed by atoms with Gasteiger partial charge in [-0.2, -0.15) is 0 Å². The fourth-order valence-corrected chi connectivity index (χ4v) is 4.85. The third-order valence-corrected chi connectivity index (χ3v) is 6.39. The van der Waals surface area contributed by atoms with Crippen molar-refractivity contribution in [2.45, 2.75) is 44.0 Å². The van der Waals surface area contributed by atoms with Crippen LogP contribution in [-0.4, -0.2) is 38.1 Å². The van der Waals surface area contributed by atoms with Gasteiger partial charge in [0.25, 0.3) is 0 Å². The van der Waals surface area contributed by atoms with Crippen LogP contribution in [0.4, 0.5) is 0 Å². The molecule has 0 saturated carbocycles. The Morgan fingerprint density at radius 3 is 2.44 bits per heavy atom. The maximum absolute atomic E-state index is 12.7. The van der Waals surface area contributed by atoms with E-state index in [2.05, 4.69) is 26.9 Å². The van der Waals surface area contributed by atoms with Gasteiger partial charge in [-0.15, -0.1) is 0 Å². The highest BCUT2D eigenvalue weighted by Crippen LogP contribution is 2.25. The van der Waals surface area contributed by atoms with Crippen molar-refractivity contribution in [2.75, 3.05) is 19.6 Å². The molecule has 0 spiro atoms. The first-order valence-electron chi connectivity index (χ1n) is 8.70. The predicted octanol–water partition coefficient (Wildman–Crippen LogP) is 2.80. The van der Waals surface area contributed by atoms with Crippen molar-refractivity contribution >= 4 is 10.0 Å². The summed E-state index contributed by atoms with van der Waals surface area (Å²) in [5.74, 6) is 0.319. The van der Waals surface area contributed by atoms with Gasteiger partial charge < -0.3 is 4.52 Å². The Hall–Kier alpha value is -1.70. The minimum Gasteiger partial charge on any atom is -0.360 e. The topological polar surface area (TPSA) is 75.4 Å². The van der Waals surface area contributed by atoms with Gasteiger partial charge in [0.05, 0.1) is 0 Å². The van der Waals surface area contributed by atoms with Crippen LogP contribution < -0.4 is 4.72 Å². The summed E-state index contributed by atoms with van der Waals surface area (Å²) in [7, 11) is -3.65. The second kappa shape index (κ2) is 7.68. The normalized spacial score (nSPS) is 17.5. The molecule has 0 amide bonds. The molecule has 136 valence electrons. The van der Waals surface area contributed by atoms with Crippen molar-refractivity contribution in [2.24, 2.45) is 0 Å². The maximum atomic E-state index is 12.7. The number of hydrogen-bond acceptors (Lipinski definition) is 5. The van der Waals surface area contributed by atoms with Crippen molar-refractivity contribution in [3.8, 4) is 0 Å². The zero-order chi connectivity index (χ0) is 17.9. The Balaban J connectivity index is 1.81. The summed E-state index contributed by atoms with van der Waals surface area (Å²) in [5.41, 5.74) is 1.52. The van der Waals surface area contributed by atoms with Crippen molar-refractivity contribution in [3.63, 3.8) is 0 Å². The van der Waals surface area contributed by atoms with Crippen molar-refractivity contribution in [3.05, 3.63) is 47.3 Å². The molecule has 1 atom stereocenters. The molecule has 2 heterocycles. The molecule has 1 N–H and O–H groups in total. The van der Waals surface area contributed by atoms with E-state index in [1.165, 1.54) is 6.42 Å². The van der Waals surface area contributed by atoms with Crippen LogP contribution >= 0.6 is 0 Å². The van der Waals surface area contributed by atoms with Crippen molar-refractivity contribution in [1.29, 1.82) is 0 Å². The van der Waals surface area contributed by atoms with Crippen LogP contribution in [0.25, 0.3) is 0 Å². The summed E-state index contributed by atoms with van der Waals surface area (Å²) in [6.07, 6.45) is 3.54. The van der Waals surface area contributed by atoms with E-state index in [9.17, 15) is 8.42 Å². The third-order valence-electron chi connectivity index (χ3n) is 4.72. The van der Waals surface area contributed by atoms with Gasteiger partial charge in [0, 0.05) is 12.6 Å². The lowest BCUT2D eigenvalue weighted by Gasteiger charge is -2.35. The molecular formula is C18H25N3O3S. The number of sulfonamides is 1. The number of hydrogen-bond donors (Lipinski definition) is 1. The highest BCUT2D eigenvalue weighted by atomic mass is 32.2. The van der Waals surface area contributed by atoms with Gasteiger partial charge in [-0.1, -0.05) is 41.9 Å². The number of aromatic nitrogens is 1. The number of piperidine rings is 1. The summed E-state index contributed by atoms with van der Waals surface area (Å²) in [5, 5.41) is 3.75. The van der Waals surface area contributed by atoms with Crippen molar-refractivity contribution < 1.29 is 12.9 Å². The molecule has 1 aliphatic heterocycles. The van der Waals surface area contributed by atoms with Crippen molar-refractivity contribution in [1.82, 2.24) is 14.8 Å². The van der Waals surface area contributed by atoms with Gasteiger partial charge in [-0.05, 0) is 45.3 Å².